The van der Waals surface area contributed by atoms with Crippen LogP contribution in [0.4, 0.5) is 0 Å². The van der Waals surface area contributed by atoms with E-state index < -0.39 is 0 Å². The molecule has 2 aliphatic rings. The number of carbonyl (C=O) groups excluding carboxylic acids is 1. The first kappa shape index (κ1) is 25.5. The molecule has 2 saturated heterocycles. The smallest absolute Gasteiger partial charge is 0.239 e. The maximum absolute atomic E-state index is 12.7. The lowest BCUT2D eigenvalue weighted by molar-refractivity contribution is -0.135. The molecule has 0 radical (unpaired) electrons. The van der Waals surface area contributed by atoms with E-state index >= 15 is 0 Å². The zero-order valence-corrected chi connectivity index (χ0v) is 21.4. The Hall–Kier alpha value is -1.75. The van der Waals surface area contributed by atoms with Gasteiger partial charge in [-0.3, -0.25) is 14.7 Å². The molecule has 1 amide bonds. The molecule has 31 heavy (non-hydrogen) atoms. The molecule has 9 heteroatoms. The highest BCUT2D eigenvalue weighted by Gasteiger charge is 2.30. The molecule has 2 aliphatic heterocycles. The fourth-order valence-electron chi connectivity index (χ4n) is 4.28. The standard InChI is InChI=1S/C22H35N5O3.HI/c1-17(21(28)26-10-5-6-11-26)25-12-14-27(15-13-25)22(23-2)24-16-18-8-7-9-19(29-3)20(18)30-4;/h7-9,17H,5-6,10-16H2,1-4H3,(H,23,24);1H. The number of nitrogens with zero attached hydrogens (tertiary/aromatic N) is 4. The molecule has 1 atom stereocenters. The molecule has 1 N–H and O–H groups in total. The molecule has 174 valence electrons. The van der Waals surface area contributed by atoms with Crippen molar-refractivity contribution in [1.82, 2.24) is 20.0 Å². The lowest BCUT2D eigenvalue weighted by Gasteiger charge is -2.39. The lowest BCUT2D eigenvalue weighted by Crippen LogP contribution is -2.57. The van der Waals surface area contributed by atoms with Crippen LogP contribution in [-0.4, -0.2) is 93.1 Å². The molecule has 2 fully saturated rings. The number of hydrogen-bond acceptors (Lipinski definition) is 5. The minimum absolute atomic E-state index is 0. The van der Waals surface area contributed by atoms with E-state index in [2.05, 4.69) is 20.1 Å². The number of halogens is 1. The lowest BCUT2D eigenvalue weighted by atomic mass is 10.2. The van der Waals surface area contributed by atoms with E-state index in [0.29, 0.717) is 6.54 Å². The molecule has 0 saturated carbocycles. The summed E-state index contributed by atoms with van der Waals surface area (Å²) in [6, 6.07) is 5.81. The zero-order chi connectivity index (χ0) is 21.5. The quantitative estimate of drug-likeness (QED) is 0.335. The highest BCUT2D eigenvalue weighted by atomic mass is 127. The van der Waals surface area contributed by atoms with Crippen LogP contribution in [0, 0.1) is 0 Å². The first-order valence-corrected chi connectivity index (χ1v) is 10.8. The van der Waals surface area contributed by atoms with Crippen LogP contribution in [0.5, 0.6) is 11.5 Å². The molecule has 0 bridgehead atoms. The van der Waals surface area contributed by atoms with Crippen molar-refractivity contribution in [2.45, 2.75) is 32.4 Å². The summed E-state index contributed by atoms with van der Waals surface area (Å²) in [5.74, 6) is 2.59. The normalized spacial score (nSPS) is 18.4. The van der Waals surface area contributed by atoms with Crippen LogP contribution >= 0.6 is 24.0 Å². The summed E-state index contributed by atoms with van der Waals surface area (Å²) < 4.78 is 10.9. The number of rotatable bonds is 6. The number of benzene rings is 1. The van der Waals surface area contributed by atoms with E-state index in [0.717, 1.165) is 75.1 Å². The molecule has 0 aromatic heterocycles. The number of aliphatic imine (C=N–C) groups is 1. The molecule has 1 aromatic rings. The van der Waals surface area contributed by atoms with Gasteiger partial charge in [-0.1, -0.05) is 12.1 Å². The minimum Gasteiger partial charge on any atom is -0.493 e. The number of likely N-dealkylation sites (tertiary alicyclic amines) is 1. The average molecular weight is 545 g/mol. The Morgan fingerprint density at radius 1 is 1.06 bits per heavy atom. The summed E-state index contributed by atoms with van der Waals surface area (Å²) in [6.07, 6.45) is 2.26. The predicted octanol–water partition coefficient (Wildman–Crippen LogP) is 2.03. The van der Waals surface area contributed by atoms with Gasteiger partial charge in [0.2, 0.25) is 5.91 Å². The van der Waals surface area contributed by atoms with E-state index in [-0.39, 0.29) is 35.9 Å². The van der Waals surface area contributed by atoms with Gasteiger partial charge in [0.05, 0.1) is 20.3 Å². The number of carbonyl (C=O) groups is 1. The van der Waals surface area contributed by atoms with E-state index in [9.17, 15) is 4.79 Å². The Morgan fingerprint density at radius 2 is 1.74 bits per heavy atom. The van der Waals surface area contributed by atoms with Crippen molar-refractivity contribution in [3.05, 3.63) is 23.8 Å². The summed E-state index contributed by atoms with van der Waals surface area (Å²) in [5.41, 5.74) is 1.02. The Morgan fingerprint density at radius 3 is 2.32 bits per heavy atom. The highest BCUT2D eigenvalue weighted by Crippen LogP contribution is 2.30. The number of amides is 1. The van der Waals surface area contributed by atoms with E-state index in [1.54, 1.807) is 21.3 Å². The fourth-order valence-corrected chi connectivity index (χ4v) is 4.28. The summed E-state index contributed by atoms with van der Waals surface area (Å²) in [4.78, 5) is 23.7. The van der Waals surface area contributed by atoms with Gasteiger partial charge in [0.1, 0.15) is 0 Å². The van der Waals surface area contributed by atoms with E-state index in [4.69, 9.17) is 9.47 Å². The van der Waals surface area contributed by atoms with Crippen LogP contribution < -0.4 is 14.8 Å². The van der Waals surface area contributed by atoms with Crippen molar-refractivity contribution in [3.8, 4) is 11.5 Å². The van der Waals surface area contributed by atoms with Gasteiger partial charge >= 0.3 is 0 Å². The number of piperazine rings is 1. The van der Waals surface area contributed by atoms with Gasteiger partial charge in [0.25, 0.3) is 0 Å². The number of ether oxygens (including phenoxy) is 2. The number of hydrogen-bond donors (Lipinski definition) is 1. The van der Waals surface area contributed by atoms with Gasteiger partial charge < -0.3 is 24.6 Å². The third-order valence-electron chi connectivity index (χ3n) is 6.07. The van der Waals surface area contributed by atoms with Crippen molar-refractivity contribution < 1.29 is 14.3 Å². The van der Waals surface area contributed by atoms with Crippen LogP contribution in [-0.2, 0) is 11.3 Å². The molecular weight excluding hydrogens is 509 g/mol. The summed E-state index contributed by atoms with van der Waals surface area (Å²) in [5, 5.41) is 3.44. The Kier molecular flexibility index (Phi) is 10.1. The first-order valence-electron chi connectivity index (χ1n) is 10.8. The second kappa shape index (κ2) is 12.3. The van der Waals surface area contributed by atoms with E-state index in [1.807, 2.05) is 30.0 Å². The molecule has 0 aliphatic carbocycles. The number of guanidine groups is 1. The van der Waals surface area contributed by atoms with Crippen molar-refractivity contribution in [2.24, 2.45) is 4.99 Å². The second-order valence-electron chi connectivity index (χ2n) is 7.78. The van der Waals surface area contributed by atoms with Gasteiger partial charge in [-0.05, 0) is 25.8 Å². The topological polar surface area (TPSA) is 69.6 Å². The van der Waals surface area contributed by atoms with Crippen molar-refractivity contribution in [1.29, 1.82) is 0 Å². The Balaban J connectivity index is 0.00000341. The second-order valence-corrected chi connectivity index (χ2v) is 7.78. The number of methoxy groups -OCH3 is 2. The van der Waals surface area contributed by atoms with Crippen LogP contribution in [0.1, 0.15) is 25.3 Å². The van der Waals surface area contributed by atoms with Gasteiger partial charge in [-0.15, -0.1) is 24.0 Å². The number of para-hydroxylation sites is 1. The van der Waals surface area contributed by atoms with Crippen molar-refractivity contribution in [3.63, 3.8) is 0 Å². The third-order valence-corrected chi connectivity index (χ3v) is 6.07. The van der Waals surface area contributed by atoms with Gasteiger partial charge in [0, 0.05) is 58.4 Å². The Bertz CT molecular complexity index is 747. The summed E-state index contributed by atoms with van der Waals surface area (Å²) in [6.45, 7) is 7.84. The van der Waals surface area contributed by atoms with Crippen LogP contribution in [0.2, 0.25) is 0 Å². The zero-order valence-electron chi connectivity index (χ0n) is 19.1. The first-order chi connectivity index (χ1) is 14.6. The largest absolute Gasteiger partial charge is 0.493 e. The molecule has 3 rings (SSSR count). The minimum atomic E-state index is -0.0544. The van der Waals surface area contributed by atoms with Crippen molar-refractivity contribution >= 4 is 35.8 Å². The molecule has 2 heterocycles. The molecule has 0 spiro atoms. The SMILES string of the molecule is CN=C(NCc1cccc(OC)c1OC)N1CCN(C(C)C(=O)N2CCCC2)CC1.I. The van der Waals surface area contributed by atoms with Crippen LogP contribution in [0.15, 0.2) is 23.2 Å². The summed E-state index contributed by atoms with van der Waals surface area (Å²) >= 11 is 0. The average Bonchev–Trinajstić information content (AvgIpc) is 3.33. The van der Waals surface area contributed by atoms with Crippen molar-refractivity contribution in [2.75, 3.05) is 60.5 Å². The molecular formula is C22H36IN5O3. The predicted molar refractivity (Wildman–Crippen MR) is 134 cm³/mol. The highest BCUT2D eigenvalue weighted by molar-refractivity contribution is 14.0. The molecule has 1 unspecified atom stereocenters. The Labute approximate surface area is 203 Å². The van der Waals surface area contributed by atoms with Crippen LogP contribution in [0.3, 0.4) is 0 Å². The molecule has 8 nitrogen and oxygen atoms in total. The van der Waals surface area contributed by atoms with Gasteiger partial charge in [0.15, 0.2) is 17.5 Å². The number of nitrogens with one attached hydrogen (secondary N) is 1. The van der Waals surface area contributed by atoms with Gasteiger partial charge in [-0.2, -0.15) is 0 Å². The third kappa shape index (κ3) is 6.15. The van der Waals surface area contributed by atoms with Gasteiger partial charge in [-0.25, -0.2) is 0 Å². The van der Waals surface area contributed by atoms with Crippen LogP contribution in [0.25, 0.3) is 0 Å². The maximum atomic E-state index is 12.7. The summed E-state index contributed by atoms with van der Waals surface area (Å²) in [7, 11) is 5.10. The molecule has 1 aromatic carbocycles. The maximum Gasteiger partial charge on any atom is 0.239 e. The van der Waals surface area contributed by atoms with E-state index in [1.165, 1.54) is 0 Å². The monoisotopic (exact) mass is 545 g/mol. The fraction of sp³-hybridized carbons (Fsp3) is 0.636.